The molecular weight excluding hydrogens is 288 g/mol. The van der Waals surface area contributed by atoms with Crippen LogP contribution in [0.5, 0.6) is 5.75 Å². The number of carbonyl (C=O) groups excluding carboxylic acids is 1. The Morgan fingerprint density at radius 1 is 0.957 bits per heavy atom. The highest BCUT2D eigenvalue weighted by Gasteiger charge is 2.06. The van der Waals surface area contributed by atoms with Crippen LogP contribution in [0.4, 0.5) is 5.69 Å². The monoisotopic (exact) mass is 312 g/mol. The third-order valence-corrected chi connectivity index (χ3v) is 3.53. The molecule has 0 heterocycles. The third kappa shape index (κ3) is 5.66. The molecule has 0 aliphatic rings. The van der Waals surface area contributed by atoms with E-state index in [-0.39, 0.29) is 12.5 Å². The zero-order valence-electron chi connectivity index (χ0n) is 13.8. The summed E-state index contributed by atoms with van der Waals surface area (Å²) >= 11 is 0. The second-order valence-electron chi connectivity index (χ2n) is 5.51. The van der Waals surface area contributed by atoms with Crippen molar-refractivity contribution in [2.45, 2.75) is 20.3 Å². The summed E-state index contributed by atoms with van der Waals surface area (Å²) in [6.45, 7) is 5.47. The molecule has 2 N–H and O–H groups in total. The Labute approximate surface area is 137 Å². The van der Waals surface area contributed by atoms with Crippen molar-refractivity contribution in [1.82, 2.24) is 5.32 Å². The summed E-state index contributed by atoms with van der Waals surface area (Å²) in [5.74, 6) is 0.709. The molecule has 4 nitrogen and oxygen atoms in total. The molecule has 0 fully saturated rings. The van der Waals surface area contributed by atoms with Gasteiger partial charge in [0.1, 0.15) is 5.75 Å². The van der Waals surface area contributed by atoms with E-state index in [1.165, 1.54) is 0 Å². The van der Waals surface area contributed by atoms with Gasteiger partial charge in [-0.1, -0.05) is 36.4 Å². The topological polar surface area (TPSA) is 50.4 Å². The summed E-state index contributed by atoms with van der Waals surface area (Å²) in [4.78, 5) is 11.8. The van der Waals surface area contributed by atoms with Crippen LogP contribution in [0.2, 0.25) is 0 Å². The van der Waals surface area contributed by atoms with Crippen LogP contribution >= 0.6 is 0 Å². The molecule has 0 atom stereocenters. The lowest BCUT2D eigenvalue weighted by Gasteiger charge is -2.12. The number of ether oxygens (including phenoxy) is 1. The zero-order valence-corrected chi connectivity index (χ0v) is 13.8. The van der Waals surface area contributed by atoms with Crippen molar-refractivity contribution in [3.8, 4) is 5.75 Å². The first kappa shape index (κ1) is 16.9. The van der Waals surface area contributed by atoms with Crippen LogP contribution in [0, 0.1) is 13.8 Å². The molecule has 4 heteroatoms. The fraction of sp³-hybridized carbons (Fsp3) is 0.316. The van der Waals surface area contributed by atoms with E-state index in [2.05, 4.69) is 10.6 Å². The lowest BCUT2D eigenvalue weighted by Crippen LogP contribution is -2.30. The zero-order chi connectivity index (χ0) is 16.5. The second-order valence-corrected chi connectivity index (χ2v) is 5.51. The van der Waals surface area contributed by atoms with Crippen molar-refractivity contribution in [2.24, 2.45) is 0 Å². The molecule has 0 unspecified atom stereocenters. The van der Waals surface area contributed by atoms with Crippen molar-refractivity contribution in [3.05, 3.63) is 59.7 Å². The lowest BCUT2D eigenvalue weighted by molar-refractivity contribution is -0.123. The Kier molecular flexibility index (Phi) is 6.48. The SMILES string of the molecule is Cc1cccc(C)c1OCC(=O)NCCCNc1ccccc1. The van der Waals surface area contributed by atoms with Gasteiger partial charge in [-0.15, -0.1) is 0 Å². The summed E-state index contributed by atoms with van der Waals surface area (Å²) < 4.78 is 5.63. The van der Waals surface area contributed by atoms with E-state index in [9.17, 15) is 4.79 Å². The quantitative estimate of drug-likeness (QED) is 0.735. The Balaban J connectivity index is 1.62. The first-order valence-electron chi connectivity index (χ1n) is 7.91. The van der Waals surface area contributed by atoms with E-state index in [0.29, 0.717) is 6.54 Å². The Morgan fingerprint density at radius 2 is 1.65 bits per heavy atom. The van der Waals surface area contributed by atoms with Crippen LogP contribution in [-0.2, 0) is 4.79 Å². The Hall–Kier alpha value is -2.49. The number of para-hydroxylation sites is 2. The standard InChI is InChI=1S/C19H24N2O2/c1-15-8-6-9-16(2)19(15)23-14-18(22)21-13-7-12-20-17-10-4-3-5-11-17/h3-6,8-11,20H,7,12-14H2,1-2H3,(H,21,22). The molecule has 122 valence electrons. The smallest absolute Gasteiger partial charge is 0.257 e. The van der Waals surface area contributed by atoms with Gasteiger partial charge in [0, 0.05) is 18.8 Å². The van der Waals surface area contributed by atoms with Crippen molar-refractivity contribution < 1.29 is 9.53 Å². The largest absolute Gasteiger partial charge is 0.483 e. The van der Waals surface area contributed by atoms with Crippen LogP contribution in [0.15, 0.2) is 48.5 Å². The van der Waals surface area contributed by atoms with E-state index in [1.807, 2.05) is 62.4 Å². The Bertz CT molecular complexity index is 606. The first-order valence-corrected chi connectivity index (χ1v) is 7.91. The molecule has 23 heavy (non-hydrogen) atoms. The minimum atomic E-state index is -0.0904. The number of carbonyl (C=O) groups is 1. The van der Waals surface area contributed by atoms with Gasteiger partial charge in [0.05, 0.1) is 0 Å². The number of aryl methyl sites for hydroxylation is 2. The van der Waals surface area contributed by atoms with Gasteiger partial charge in [0.25, 0.3) is 5.91 Å². The third-order valence-electron chi connectivity index (χ3n) is 3.53. The Morgan fingerprint density at radius 3 is 2.35 bits per heavy atom. The minimum Gasteiger partial charge on any atom is -0.483 e. The average Bonchev–Trinajstić information content (AvgIpc) is 2.55. The van der Waals surface area contributed by atoms with Gasteiger partial charge in [-0.25, -0.2) is 0 Å². The number of amides is 1. The molecule has 1 amide bonds. The van der Waals surface area contributed by atoms with Crippen molar-refractivity contribution >= 4 is 11.6 Å². The molecule has 0 bridgehead atoms. The van der Waals surface area contributed by atoms with Gasteiger partial charge in [-0.3, -0.25) is 4.79 Å². The molecule has 0 radical (unpaired) electrons. The summed E-state index contributed by atoms with van der Waals surface area (Å²) in [5, 5.41) is 6.18. The van der Waals surface area contributed by atoms with Gasteiger partial charge in [0.2, 0.25) is 0 Å². The van der Waals surface area contributed by atoms with E-state index in [0.717, 1.165) is 35.5 Å². The average molecular weight is 312 g/mol. The summed E-state index contributed by atoms with van der Waals surface area (Å²) in [6, 6.07) is 16.0. The van der Waals surface area contributed by atoms with Crippen molar-refractivity contribution in [3.63, 3.8) is 0 Å². The van der Waals surface area contributed by atoms with Crippen molar-refractivity contribution in [2.75, 3.05) is 25.0 Å². The first-order chi connectivity index (χ1) is 11.2. The van der Waals surface area contributed by atoms with Crippen molar-refractivity contribution in [1.29, 1.82) is 0 Å². The maximum Gasteiger partial charge on any atom is 0.257 e. The fourth-order valence-electron chi connectivity index (χ4n) is 2.32. The maximum atomic E-state index is 11.8. The molecule has 2 aromatic rings. The van der Waals surface area contributed by atoms with Crippen LogP contribution in [-0.4, -0.2) is 25.6 Å². The molecule has 0 spiro atoms. The van der Waals surface area contributed by atoms with Crippen LogP contribution in [0.1, 0.15) is 17.5 Å². The molecular formula is C19H24N2O2. The van der Waals surface area contributed by atoms with E-state index < -0.39 is 0 Å². The number of rotatable bonds is 8. The number of anilines is 1. The van der Waals surface area contributed by atoms with Crippen LogP contribution in [0.3, 0.4) is 0 Å². The predicted molar refractivity (Wildman–Crippen MR) is 94.0 cm³/mol. The molecule has 2 rings (SSSR count). The molecule has 0 saturated carbocycles. The van der Waals surface area contributed by atoms with Gasteiger partial charge in [0.15, 0.2) is 6.61 Å². The van der Waals surface area contributed by atoms with Crippen LogP contribution in [0.25, 0.3) is 0 Å². The second kappa shape index (κ2) is 8.83. The highest BCUT2D eigenvalue weighted by Crippen LogP contribution is 2.21. The number of hydrogen-bond acceptors (Lipinski definition) is 3. The highest BCUT2D eigenvalue weighted by molar-refractivity contribution is 5.77. The maximum absolute atomic E-state index is 11.8. The minimum absolute atomic E-state index is 0.0534. The fourth-order valence-corrected chi connectivity index (χ4v) is 2.32. The van der Waals surface area contributed by atoms with E-state index in [4.69, 9.17) is 4.74 Å². The van der Waals surface area contributed by atoms with Gasteiger partial charge < -0.3 is 15.4 Å². The summed E-state index contributed by atoms with van der Waals surface area (Å²) in [5.41, 5.74) is 3.19. The number of nitrogens with one attached hydrogen (secondary N) is 2. The number of benzene rings is 2. The van der Waals surface area contributed by atoms with Crippen LogP contribution < -0.4 is 15.4 Å². The molecule has 2 aromatic carbocycles. The summed E-state index contributed by atoms with van der Waals surface area (Å²) in [6.07, 6.45) is 0.865. The molecule has 0 aliphatic heterocycles. The predicted octanol–water partition coefficient (Wildman–Crippen LogP) is 3.30. The highest BCUT2D eigenvalue weighted by atomic mass is 16.5. The summed E-state index contributed by atoms with van der Waals surface area (Å²) in [7, 11) is 0. The lowest BCUT2D eigenvalue weighted by atomic mass is 10.1. The normalized spacial score (nSPS) is 10.2. The van der Waals surface area contributed by atoms with Gasteiger partial charge in [-0.2, -0.15) is 0 Å². The molecule has 0 aliphatic carbocycles. The van der Waals surface area contributed by atoms with Gasteiger partial charge >= 0.3 is 0 Å². The molecule has 0 saturated heterocycles. The van der Waals surface area contributed by atoms with E-state index in [1.54, 1.807) is 0 Å². The number of hydrogen-bond donors (Lipinski definition) is 2. The molecule has 0 aromatic heterocycles. The van der Waals surface area contributed by atoms with E-state index >= 15 is 0 Å². The van der Waals surface area contributed by atoms with Gasteiger partial charge in [-0.05, 0) is 43.5 Å².